The normalized spacial score (nSPS) is 18.6. The van der Waals surface area contributed by atoms with Gasteiger partial charge in [0.1, 0.15) is 0 Å². The molecule has 1 fully saturated rings. The molecule has 1 aromatic carbocycles. The molecule has 1 N–H and O–H groups in total. The highest BCUT2D eigenvalue weighted by atomic mass is 16.4. The Balaban J connectivity index is 2.17. The average Bonchev–Trinajstić information content (AvgIpc) is 2.33. The Bertz CT molecular complexity index is 391. The lowest BCUT2D eigenvalue weighted by atomic mass is 9.81. The molecule has 17 heavy (non-hydrogen) atoms. The predicted octanol–water partition coefficient (Wildman–Crippen LogP) is 1.86. The molecule has 0 atom stereocenters. The lowest BCUT2D eigenvalue weighted by Gasteiger charge is -2.39. The van der Waals surface area contributed by atoms with E-state index in [2.05, 4.69) is 5.32 Å². The molecule has 0 spiro atoms. The number of hydrogen-bond acceptors (Lipinski definition) is 3. The van der Waals surface area contributed by atoms with Crippen LogP contribution in [0.25, 0.3) is 0 Å². The van der Waals surface area contributed by atoms with E-state index in [0.29, 0.717) is 12.8 Å². The zero-order valence-corrected chi connectivity index (χ0v) is 10.2. The third-order valence-corrected chi connectivity index (χ3v) is 3.53. The smallest absolute Gasteiger partial charge is 0.0769 e. The summed E-state index contributed by atoms with van der Waals surface area (Å²) < 4.78 is 0. The molecule has 0 aromatic heterocycles. The fourth-order valence-electron chi connectivity index (χ4n) is 2.45. The second-order valence-corrected chi connectivity index (χ2v) is 4.92. The first-order valence-electron chi connectivity index (χ1n) is 6.19. The van der Waals surface area contributed by atoms with Crippen molar-refractivity contribution < 1.29 is 9.90 Å². The SMILES string of the molecule is Cc1ccc(NC2(C(=O)[O-])CCCCC2)cc1. The molecule has 0 heterocycles. The zero-order valence-electron chi connectivity index (χ0n) is 10.2. The Morgan fingerprint density at radius 1 is 1.18 bits per heavy atom. The molecule has 1 aliphatic carbocycles. The van der Waals surface area contributed by atoms with E-state index < -0.39 is 11.5 Å². The van der Waals surface area contributed by atoms with Crippen molar-refractivity contribution in [2.75, 3.05) is 5.32 Å². The maximum Gasteiger partial charge on any atom is 0.0769 e. The Morgan fingerprint density at radius 3 is 2.29 bits per heavy atom. The number of carboxylic acids is 1. The second kappa shape index (κ2) is 4.78. The van der Waals surface area contributed by atoms with Crippen LogP contribution in [0.4, 0.5) is 5.69 Å². The first-order chi connectivity index (χ1) is 8.12. The van der Waals surface area contributed by atoms with Crippen molar-refractivity contribution in [2.45, 2.75) is 44.6 Å². The van der Waals surface area contributed by atoms with E-state index in [1.54, 1.807) is 0 Å². The summed E-state index contributed by atoms with van der Waals surface area (Å²) in [6.07, 6.45) is 4.33. The van der Waals surface area contributed by atoms with Crippen LogP contribution in [-0.2, 0) is 4.79 Å². The quantitative estimate of drug-likeness (QED) is 0.865. The summed E-state index contributed by atoms with van der Waals surface area (Å²) in [6, 6.07) is 7.81. The maximum atomic E-state index is 11.4. The predicted molar refractivity (Wildman–Crippen MR) is 65.6 cm³/mol. The Kier molecular flexibility index (Phi) is 3.36. The minimum atomic E-state index is -0.974. The number of anilines is 1. The number of carboxylic acid groups (broad SMARTS) is 1. The van der Waals surface area contributed by atoms with Gasteiger partial charge >= 0.3 is 0 Å². The van der Waals surface area contributed by atoms with E-state index in [4.69, 9.17) is 0 Å². The maximum absolute atomic E-state index is 11.4. The van der Waals surface area contributed by atoms with E-state index in [1.165, 1.54) is 5.56 Å². The summed E-state index contributed by atoms with van der Waals surface area (Å²) in [4.78, 5) is 11.4. The third-order valence-electron chi connectivity index (χ3n) is 3.53. The highest BCUT2D eigenvalue weighted by molar-refractivity contribution is 5.81. The number of carbonyl (C=O) groups is 1. The fourth-order valence-corrected chi connectivity index (χ4v) is 2.45. The summed E-state index contributed by atoms with van der Waals surface area (Å²) in [5, 5.41) is 14.5. The van der Waals surface area contributed by atoms with Gasteiger partial charge < -0.3 is 15.2 Å². The highest BCUT2D eigenvalue weighted by Gasteiger charge is 2.33. The molecule has 0 amide bonds. The van der Waals surface area contributed by atoms with E-state index in [9.17, 15) is 9.90 Å². The largest absolute Gasteiger partial charge is 0.548 e. The highest BCUT2D eigenvalue weighted by Crippen LogP contribution is 2.31. The molecule has 0 bridgehead atoms. The van der Waals surface area contributed by atoms with Gasteiger partial charge in [-0.05, 0) is 31.9 Å². The molecule has 0 radical (unpaired) electrons. The zero-order chi connectivity index (χ0) is 12.3. The summed E-state index contributed by atoms with van der Waals surface area (Å²) in [7, 11) is 0. The molecule has 1 aliphatic rings. The van der Waals surface area contributed by atoms with Gasteiger partial charge in [0.2, 0.25) is 0 Å². The van der Waals surface area contributed by atoms with Gasteiger partial charge in [0.25, 0.3) is 0 Å². The minimum absolute atomic E-state index is 0.656. The number of nitrogens with one attached hydrogen (secondary N) is 1. The molecule has 3 heteroatoms. The molecular formula is C14H18NO2-. The van der Waals surface area contributed by atoms with Crippen LogP contribution >= 0.6 is 0 Å². The summed E-state index contributed by atoms with van der Waals surface area (Å²) >= 11 is 0. The van der Waals surface area contributed by atoms with Crippen molar-refractivity contribution in [3.63, 3.8) is 0 Å². The summed E-state index contributed by atoms with van der Waals surface area (Å²) in [5.41, 5.74) is 1.16. The van der Waals surface area contributed by atoms with Crippen LogP contribution in [-0.4, -0.2) is 11.5 Å². The number of aliphatic carboxylic acids is 1. The van der Waals surface area contributed by atoms with Crippen molar-refractivity contribution in [1.29, 1.82) is 0 Å². The van der Waals surface area contributed by atoms with Gasteiger partial charge in [0, 0.05) is 5.69 Å². The minimum Gasteiger partial charge on any atom is -0.548 e. The van der Waals surface area contributed by atoms with E-state index in [0.717, 1.165) is 24.9 Å². The van der Waals surface area contributed by atoms with Gasteiger partial charge in [0.15, 0.2) is 0 Å². The van der Waals surface area contributed by atoms with Gasteiger partial charge in [-0.1, -0.05) is 37.0 Å². The van der Waals surface area contributed by atoms with Gasteiger partial charge in [0.05, 0.1) is 11.5 Å². The molecular weight excluding hydrogens is 214 g/mol. The molecule has 0 unspecified atom stereocenters. The molecule has 3 nitrogen and oxygen atoms in total. The van der Waals surface area contributed by atoms with Crippen molar-refractivity contribution in [2.24, 2.45) is 0 Å². The molecule has 1 saturated carbocycles. The van der Waals surface area contributed by atoms with Crippen LogP contribution in [0.5, 0.6) is 0 Å². The molecule has 1 aromatic rings. The molecule has 0 saturated heterocycles. The first-order valence-corrected chi connectivity index (χ1v) is 6.19. The fraction of sp³-hybridized carbons (Fsp3) is 0.500. The van der Waals surface area contributed by atoms with Gasteiger partial charge in [-0.2, -0.15) is 0 Å². The van der Waals surface area contributed by atoms with Gasteiger partial charge in [-0.25, -0.2) is 0 Å². The number of benzene rings is 1. The van der Waals surface area contributed by atoms with Crippen LogP contribution in [0.1, 0.15) is 37.7 Å². The first kappa shape index (κ1) is 12.0. The second-order valence-electron chi connectivity index (χ2n) is 4.92. The van der Waals surface area contributed by atoms with Crippen molar-refractivity contribution in [1.82, 2.24) is 0 Å². The monoisotopic (exact) mass is 232 g/mol. The van der Waals surface area contributed by atoms with Crippen molar-refractivity contribution >= 4 is 11.7 Å². The number of rotatable bonds is 3. The van der Waals surface area contributed by atoms with Crippen molar-refractivity contribution in [3.8, 4) is 0 Å². The third kappa shape index (κ3) is 2.60. The Labute approximate surface area is 102 Å². The molecule has 0 aliphatic heterocycles. The van der Waals surface area contributed by atoms with Gasteiger partial charge in [-0.3, -0.25) is 0 Å². The van der Waals surface area contributed by atoms with Crippen LogP contribution in [0.3, 0.4) is 0 Å². The number of aryl methyl sites for hydroxylation is 1. The molecule has 92 valence electrons. The van der Waals surface area contributed by atoms with Crippen LogP contribution < -0.4 is 10.4 Å². The standard InChI is InChI=1S/C14H19NO2/c1-11-5-7-12(8-6-11)15-14(13(16)17)9-3-2-4-10-14/h5-8,15H,2-4,9-10H2,1H3,(H,16,17)/p-1. The van der Waals surface area contributed by atoms with E-state index >= 15 is 0 Å². The van der Waals surface area contributed by atoms with Crippen LogP contribution in [0.2, 0.25) is 0 Å². The Hall–Kier alpha value is -1.51. The van der Waals surface area contributed by atoms with Gasteiger partial charge in [-0.15, -0.1) is 0 Å². The van der Waals surface area contributed by atoms with E-state index in [1.807, 2.05) is 31.2 Å². The van der Waals surface area contributed by atoms with Crippen molar-refractivity contribution in [3.05, 3.63) is 29.8 Å². The summed E-state index contributed by atoms with van der Waals surface area (Å²) in [6.45, 7) is 2.01. The summed E-state index contributed by atoms with van der Waals surface area (Å²) in [5.74, 6) is -0.974. The van der Waals surface area contributed by atoms with E-state index in [-0.39, 0.29) is 0 Å². The lowest BCUT2D eigenvalue weighted by molar-refractivity contribution is -0.313. The lowest BCUT2D eigenvalue weighted by Crippen LogP contribution is -2.55. The average molecular weight is 232 g/mol. The topological polar surface area (TPSA) is 52.2 Å². The molecule has 2 rings (SSSR count). The number of hydrogen-bond donors (Lipinski definition) is 1. The number of carbonyl (C=O) groups excluding carboxylic acids is 1. The van der Waals surface area contributed by atoms with Crippen LogP contribution in [0, 0.1) is 6.92 Å². The Morgan fingerprint density at radius 2 is 1.76 bits per heavy atom. The van der Waals surface area contributed by atoms with Crippen LogP contribution in [0.15, 0.2) is 24.3 Å².